The molecule has 0 aromatic rings. The van der Waals surface area contributed by atoms with Crippen LogP contribution in [0.2, 0.25) is 0 Å². The Morgan fingerprint density at radius 1 is 1.40 bits per heavy atom. The number of hydrogen-bond donors (Lipinski definition) is 2. The van der Waals surface area contributed by atoms with E-state index in [0.717, 1.165) is 32.1 Å². The molecule has 1 aliphatic rings. The maximum Gasteiger partial charge on any atom is 0.220 e. The number of carbonyl (C=O) groups is 1. The molecular formula is C12H23NO2. The SMILES string of the molecule is CC[C@@H](C)CC(=O)NC1CCC(O)CC1. The Kier molecular flexibility index (Phi) is 5.09. The molecule has 3 nitrogen and oxygen atoms in total. The van der Waals surface area contributed by atoms with Gasteiger partial charge in [0.15, 0.2) is 0 Å². The van der Waals surface area contributed by atoms with Crippen LogP contribution in [0.5, 0.6) is 0 Å². The van der Waals surface area contributed by atoms with Crippen molar-refractivity contribution in [3.05, 3.63) is 0 Å². The van der Waals surface area contributed by atoms with Crippen molar-refractivity contribution in [2.75, 3.05) is 0 Å². The van der Waals surface area contributed by atoms with Gasteiger partial charge in [0, 0.05) is 12.5 Å². The zero-order valence-corrected chi connectivity index (χ0v) is 9.83. The van der Waals surface area contributed by atoms with Crippen LogP contribution in [0.3, 0.4) is 0 Å². The predicted octanol–water partition coefficient (Wildman–Crippen LogP) is 1.84. The topological polar surface area (TPSA) is 49.3 Å². The van der Waals surface area contributed by atoms with Crippen molar-refractivity contribution in [1.29, 1.82) is 0 Å². The van der Waals surface area contributed by atoms with Gasteiger partial charge in [-0.15, -0.1) is 0 Å². The first-order valence-electron chi connectivity index (χ1n) is 6.09. The minimum Gasteiger partial charge on any atom is -0.393 e. The average molecular weight is 213 g/mol. The molecule has 0 spiro atoms. The van der Waals surface area contributed by atoms with Crippen molar-refractivity contribution in [1.82, 2.24) is 5.32 Å². The van der Waals surface area contributed by atoms with Gasteiger partial charge in [-0.2, -0.15) is 0 Å². The van der Waals surface area contributed by atoms with Gasteiger partial charge in [-0.05, 0) is 31.6 Å². The molecule has 0 aliphatic heterocycles. The monoisotopic (exact) mass is 213 g/mol. The third-order valence-electron chi connectivity index (χ3n) is 3.29. The highest BCUT2D eigenvalue weighted by molar-refractivity contribution is 5.76. The van der Waals surface area contributed by atoms with Crippen LogP contribution in [0, 0.1) is 5.92 Å². The number of rotatable bonds is 4. The second kappa shape index (κ2) is 6.11. The second-order valence-corrected chi connectivity index (χ2v) is 4.79. The van der Waals surface area contributed by atoms with Crippen LogP contribution in [0.1, 0.15) is 52.4 Å². The summed E-state index contributed by atoms with van der Waals surface area (Å²) >= 11 is 0. The van der Waals surface area contributed by atoms with Crippen LogP contribution in [0.4, 0.5) is 0 Å². The fourth-order valence-electron chi connectivity index (χ4n) is 1.97. The quantitative estimate of drug-likeness (QED) is 0.748. The maximum atomic E-state index is 11.6. The van der Waals surface area contributed by atoms with Crippen molar-refractivity contribution in [3.63, 3.8) is 0 Å². The van der Waals surface area contributed by atoms with Gasteiger partial charge in [-0.25, -0.2) is 0 Å². The normalized spacial score (nSPS) is 28.5. The summed E-state index contributed by atoms with van der Waals surface area (Å²) in [6, 6.07) is 0.296. The Morgan fingerprint density at radius 2 is 2.00 bits per heavy atom. The molecule has 15 heavy (non-hydrogen) atoms. The summed E-state index contributed by atoms with van der Waals surface area (Å²) in [5.74, 6) is 0.643. The summed E-state index contributed by atoms with van der Waals surface area (Å²) in [6.45, 7) is 4.21. The number of aliphatic hydroxyl groups excluding tert-OH is 1. The van der Waals surface area contributed by atoms with Crippen LogP contribution < -0.4 is 5.32 Å². The number of nitrogens with one attached hydrogen (secondary N) is 1. The smallest absolute Gasteiger partial charge is 0.220 e. The highest BCUT2D eigenvalue weighted by atomic mass is 16.3. The van der Waals surface area contributed by atoms with Crippen molar-refractivity contribution >= 4 is 5.91 Å². The van der Waals surface area contributed by atoms with Crippen molar-refractivity contribution < 1.29 is 9.90 Å². The number of aliphatic hydroxyl groups is 1. The molecule has 1 amide bonds. The molecule has 0 saturated heterocycles. The summed E-state index contributed by atoms with van der Waals surface area (Å²) in [5, 5.41) is 12.4. The van der Waals surface area contributed by atoms with Gasteiger partial charge in [0.1, 0.15) is 0 Å². The van der Waals surface area contributed by atoms with Crippen LogP contribution in [0.15, 0.2) is 0 Å². The first kappa shape index (κ1) is 12.5. The number of hydrogen-bond acceptors (Lipinski definition) is 2. The molecule has 1 atom stereocenters. The van der Waals surface area contributed by atoms with Crippen molar-refractivity contribution in [2.24, 2.45) is 5.92 Å². The molecule has 0 heterocycles. The van der Waals surface area contributed by atoms with E-state index in [4.69, 9.17) is 0 Å². The summed E-state index contributed by atoms with van der Waals surface area (Å²) in [5.41, 5.74) is 0. The molecule has 1 saturated carbocycles. The third-order valence-corrected chi connectivity index (χ3v) is 3.29. The Hall–Kier alpha value is -0.570. The molecule has 0 unspecified atom stereocenters. The maximum absolute atomic E-state index is 11.6. The first-order chi connectivity index (χ1) is 7.11. The molecule has 0 aromatic carbocycles. The molecule has 2 N–H and O–H groups in total. The molecule has 0 radical (unpaired) electrons. The summed E-state index contributed by atoms with van der Waals surface area (Å²) in [7, 11) is 0. The fourth-order valence-corrected chi connectivity index (χ4v) is 1.97. The van der Waals surface area contributed by atoms with Gasteiger partial charge in [0.05, 0.1) is 6.10 Å². The molecule has 1 fully saturated rings. The standard InChI is InChI=1S/C12H23NO2/c1-3-9(2)8-12(15)13-10-4-6-11(14)7-5-10/h9-11,14H,3-8H2,1-2H3,(H,13,15)/t9-,10?,11?/m1/s1. The van der Waals surface area contributed by atoms with Crippen LogP contribution in [0.25, 0.3) is 0 Å². The largest absolute Gasteiger partial charge is 0.393 e. The van der Waals surface area contributed by atoms with Crippen LogP contribution in [-0.2, 0) is 4.79 Å². The van der Waals surface area contributed by atoms with E-state index in [9.17, 15) is 9.90 Å². The Morgan fingerprint density at radius 3 is 2.53 bits per heavy atom. The lowest BCUT2D eigenvalue weighted by Gasteiger charge is -2.26. The van der Waals surface area contributed by atoms with Crippen LogP contribution >= 0.6 is 0 Å². The summed E-state index contributed by atoms with van der Waals surface area (Å²) < 4.78 is 0. The lowest BCUT2D eigenvalue weighted by atomic mass is 9.93. The lowest BCUT2D eigenvalue weighted by molar-refractivity contribution is -0.123. The van der Waals surface area contributed by atoms with E-state index in [1.165, 1.54) is 0 Å². The van der Waals surface area contributed by atoms with E-state index in [2.05, 4.69) is 19.2 Å². The summed E-state index contributed by atoms with van der Waals surface area (Å²) in [6.07, 6.45) is 5.04. The van der Waals surface area contributed by atoms with Crippen LogP contribution in [-0.4, -0.2) is 23.2 Å². The minimum absolute atomic E-state index is 0.146. The minimum atomic E-state index is -0.146. The molecular weight excluding hydrogens is 190 g/mol. The highest BCUT2D eigenvalue weighted by Crippen LogP contribution is 2.18. The second-order valence-electron chi connectivity index (χ2n) is 4.79. The molecule has 0 aromatic heterocycles. The fraction of sp³-hybridized carbons (Fsp3) is 0.917. The zero-order valence-electron chi connectivity index (χ0n) is 9.83. The van der Waals surface area contributed by atoms with E-state index in [1.54, 1.807) is 0 Å². The Balaban J connectivity index is 2.20. The van der Waals surface area contributed by atoms with Gasteiger partial charge >= 0.3 is 0 Å². The van der Waals surface area contributed by atoms with E-state index in [1.807, 2.05) is 0 Å². The van der Waals surface area contributed by atoms with Gasteiger partial charge < -0.3 is 10.4 Å². The lowest BCUT2D eigenvalue weighted by Crippen LogP contribution is -2.39. The highest BCUT2D eigenvalue weighted by Gasteiger charge is 2.20. The molecule has 3 heteroatoms. The van der Waals surface area contributed by atoms with E-state index in [0.29, 0.717) is 18.4 Å². The van der Waals surface area contributed by atoms with Crippen molar-refractivity contribution in [2.45, 2.75) is 64.5 Å². The van der Waals surface area contributed by atoms with Gasteiger partial charge in [-0.1, -0.05) is 20.3 Å². The Labute approximate surface area is 92.3 Å². The Bertz CT molecular complexity index is 198. The summed E-state index contributed by atoms with van der Waals surface area (Å²) in [4.78, 5) is 11.6. The molecule has 1 rings (SSSR count). The van der Waals surface area contributed by atoms with E-state index >= 15 is 0 Å². The molecule has 1 aliphatic carbocycles. The van der Waals surface area contributed by atoms with E-state index < -0.39 is 0 Å². The number of amides is 1. The van der Waals surface area contributed by atoms with E-state index in [-0.39, 0.29) is 12.0 Å². The predicted molar refractivity (Wildman–Crippen MR) is 60.5 cm³/mol. The third kappa shape index (κ3) is 4.65. The van der Waals surface area contributed by atoms with Gasteiger partial charge in [0.25, 0.3) is 0 Å². The van der Waals surface area contributed by atoms with Crippen molar-refractivity contribution in [3.8, 4) is 0 Å². The zero-order chi connectivity index (χ0) is 11.3. The van der Waals surface area contributed by atoms with Gasteiger partial charge in [0.2, 0.25) is 5.91 Å². The molecule has 88 valence electrons. The number of carbonyl (C=O) groups excluding carboxylic acids is 1. The van der Waals surface area contributed by atoms with Gasteiger partial charge in [-0.3, -0.25) is 4.79 Å². The first-order valence-corrected chi connectivity index (χ1v) is 6.09. The average Bonchev–Trinajstić information content (AvgIpc) is 2.21. The molecule has 0 bridgehead atoms.